The first-order valence-electron chi connectivity index (χ1n) is 22.9. The van der Waals surface area contributed by atoms with Gasteiger partial charge in [0.2, 0.25) is 0 Å². The molecule has 0 atom stereocenters. The Morgan fingerprint density at radius 2 is 0.373 bits per heavy atom. The Balaban J connectivity index is -0.000000886. The SMILES string of the molecule is CCCCCCCCCCCCCCCCCCCCCCC(=O)[O-].CCCCCCCCCCCCCCCCCCCCCCC(=O)[O-].[Zr+2]. The number of carbonyl (C=O) groups excluding carboxylic acids is 2. The van der Waals surface area contributed by atoms with Crippen molar-refractivity contribution in [3.63, 3.8) is 0 Å². The van der Waals surface area contributed by atoms with Crippen molar-refractivity contribution in [2.45, 2.75) is 284 Å². The monoisotopic (exact) mass is 797 g/mol. The van der Waals surface area contributed by atoms with Crippen LogP contribution in [0, 0.1) is 0 Å². The van der Waals surface area contributed by atoms with Crippen LogP contribution in [0.25, 0.3) is 0 Å². The Bertz CT molecular complexity index is 587. The van der Waals surface area contributed by atoms with E-state index in [0.29, 0.717) is 0 Å². The van der Waals surface area contributed by atoms with E-state index in [4.69, 9.17) is 0 Å². The molecule has 0 aliphatic heterocycles. The molecule has 0 aliphatic carbocycles. The van der Waals surface area contributed by atoms with Crippen molar-refractivity contribution in [1.82, 2.24) is 0 Å². The summed E-state index contributed by atoms with van der Waals surface area (Å²) < 4.78 is 0. The molecular formula is C46H90O4Zr. The zero-order valence-corrected chi connectivity index (χ0v) is 37.3. The number of carboxylic acids is 2. The van der Waals surface area contributed by atoms with E-state index in [1.807, 2.05) is 0 Å². The van der Waals surface area contributed by atoms with Crippen molar-refractivity contribution in [2.75, 3.05) is 0 Å². The van der Waals surface area contributed by atoms with Gasteiger partial charge in [-0.3, -0.25) is 0 Å². The summed E-state index contributed by atoms with van der Waals surface area (Å²) in [5, 5.41) is 20.6. The summed E-state index contributed by atoms with van der Waals surface area (Å²) in [5.41, 5.74) is 0. The van der Waals surface area contributed by atoms with Crippen molar-refractivity contribution in [3.05, 3.63) is 0 Å². The van der Waals surface area contributed by atoms with Gasteiger partial charge in [0.25, 0.3) is 0 Å². The number of hydrogen-bond donors (Lipinski definition) is 0. The average Bonchev–Trinajstić information content (AvgIpc) is 3.10. The van der Waals surface area contributed by atoms with Gasteiger partial charge in [0, 0.05) is 11.9 Å². The molecule has 302 valence electrons. The molecule has 0 aromatic carbocycles. The molecule has 0 fully saturated rings. The zero-order valence-electron chi connectivity index (χ0n) is 34.8. The van der Waals surface area contributed by atoms with Crippen LogP contribution in [0.4, 0.5) is 0 Å². The van der Waals surface area contributed by atoms with Crippen LogP contribution in [0.5, 0.6) is 0 Å². The Hall–Kier alpha value is -0.177. The van der Waals surface area contributed by atoms with Crippen molar-refractivity contribution >= 4 is 11.9 Å². The first-order valence-corrected chi connectivity index (χ1v) is 22.9. The quantitative estimate of drug-likeness (QED) is 0.0576. The molecule has 5 heteroatoms. The topological polar surface area (TPSA) is 80.3 Å². The number of carboxylic acid groups (broad SMARTS) is 2. The van der Waals surface area contributed by atoms with Gasteiger partial charge in [-0.2, -0.15) is 0 Å². The van der Waals surface area contributed by atoms with Crippen LogP contribution in [0.3, 0.4) is 0 Å². The van der Waals surface area contributed by atoms with Crippen LogP contribution < -0.4 is 10.2 Å². The van der Waals surface area contributed by atoms with Crippen LogP contribution in [-0.2, 0) is 35.8 Å². The molecule has 0 aromatic heterocycles. The van der Waals surface area contributed by atoms with Crippen molar-refractivity contribution in [3.8, 4) is 0 Å². The van der Waals surface area contributed by atoms with Gasteiger partial charge < -0.3 is 19.8 Å². The first-order chi connectivity index (χ1) is 24.5. The van der Waals surface area contributed by atoms with Crippen LogP contribution in [0.1, 0.15) is 284 Å². The van der Waals surface area contributed by atoms with E-state index < -0.39 is 11.9 Å². The molecule has 0 amide bonds. The number of carbonyl (C=O) groups is 2. The molecule has 0 heterocycles. The van der Waals surface area contributed by atoms with Crippen molar-refractivity contribution in [2.24, 2.45) is 0 Å². The first kappa shape index (κ1) is 55.2. The summed E-state index contributed by atoms with van der Waals surface area (Å²) in [6, 6.07) is 0. The molecule has 0 bridgehead atoms. The molecular weight excluding hydrogens is 708 g/mol. The summed E-state index contributed by atoms with van der Waals surface area (Å²) in [7, 11) is 0. The number of rotatable bonds is 42. The Morgan fingerprint density at radius 1 is 0.255 bits per heavy atom. The largest absolute Gasteiger partial charge is 2.00 e. The minimum atomic E-state index is -0.901. The van der Waals surface area contributed by atoms with Gasteiger partial charge in [0.05, 0.1) is 0 Å². The van der Waals surface area contributed by atoms with E-state index in [9.17, 15) is 19.8 Å². The van der Waals surface area contributed by atoms with Gasteiger partial charge in [-0.25, -0.2) is 0 Å². The molecule has 4 nitrogen and oxygen atoms in total. The minimum absolute atomic E-state index is 0. The molecule has 0 aliphatic rings. The smallest absolute Gasteiger partial charge is 0.550 e. The number of aliphatic carboxylic acids is 2. The van der Waals surface area contributed by atoms with Crippen LogP contribution in [0.2, 0.25) is 0 Å². The second-order valence-corrected chi connectivity index (χ2v) is 15.7. The van der Waals surface area contributed by atoms with E-state index >= 15 is 0 Å². The fourth-order valence-electron chi connectivity index (χ4n) is 7.05. The Kier molecular flexibility index (Phi) is 56.2. The summed E-state index contributed by atoms with van der Waals surface area (Å²) in [6.45, 7) is 4.57. The third-order valence-corrected chi connectivity index (χ3v) is 10.5. The van der Waals surface area contributed by atoms with Crippen LogP contribution in [-0.4, -0.2) is 11.9 Å². The van der Waals surface area contributed by atoms with Gasteiger partial charge in [0.15, 0.2) is 0 Å². The third-order valence-electron chi connectivity index (χ3n) is 10.5. The summed E-state index contributed by atoms with van der Waals surface area (Å²) in [5.74, 6) is -1.80. The fourth-order valence-corrected chi connectivity index (χ4v) is 7.05. The maximum absolute atomic E-state index is 10.3. The molecule has 0 aromatic rings. The molecule has 0 saturated carbocycles. The van der Waals surface area contributed by atoms with Gasteiger partial charge in [-0.1, -0.05) is 258 Å². The van der Waals surface area contributed by atoms with Gasteiger partial charge in [-0.05, 0) is 25.7 Å². The maximum Gasteiger partial charge on any atom is 2.00 e. The predicted molar refractivity (Wildman–Crippen MR) is 215 cm³/mol. The molecule has 0 spiro atoms. The van der Waals surface area contributed by atoms with Crippen molar-refractivity contribution < 1.29 is 46.0 Å². The molecule has 0 N–H and O–H groups in total. The second-order valence-electron chi connectivity index (χ2n) is 15.7. The molecule has 0 radical (unpaired) electrons. The standard InChI is InChI=1S/2C23H46O2.Zr/c2*1-2-3-4-5-6-7-8-9-10-11-12-13-14-15-16-17-18-19-20-21-22-23(24)25;/h2*2-22H2,1H3,(H,24,25);/q;;+2/p-2. The predicted octanol–water partition coefficient (Wildman–Crippen LogP) is 13.9. The van der Waals surface area contributed by atoms with Crippen LogP contribution in [0.15, 0.2) is 0 Å². The van der Waals surface area contributed by atoms with Gasteiger partial charge >= 0.3 is 26.2 Å². The van der Waals surface area contributed by atoms with Gasteiger partial charge in [0.1, 0.15) is 0 Å². The summed E-state index contributed by atoms with van der Waals surface area (Å²) in [6.07, 6.45) is 54.4. The van der Waals surface area contributed by atoms with Gasteiger partial charge in [-0.15, -0.1) is 0 Å². The zero-order chi connectivity index (χ0) is 36.9. The summed E-state index contributed by atoms with van der Waals surface area (Å²) >= 11 is 0. The van der Waals surface area contributed by atoms with E-state index in [2.05, 4.69) is 13.8 Å². The second kappa shape index (κ2) is 51.9. The van der Waals surface area contributed by atoms with E-state index in [-0.39, 0.29) is 39.0 Å². The molecule has 51 heavy (non-hydrogen) atoms. The average molecular weight is 798 g/mol. The third kappa shape index (κ3) is 59.3. The van der Waals surface area contributed by atoms with E-state index in [1.165, 1.54) is 231 Å². The maximum atomic E-state index is 10.3. The van der Waals surface area contributed by atoms with Crippen LogP contribution >= 0.6 is 0 Å². The Labute approximate surface area is 339 Å². The van der Waals surface area contributed by atoms with E-state index in [1.54, 1.807) is 0 Å². The van der Waals surface area contributed by atoms with E-state index in [0.717, 1.165) is 25.7 Å². The minimum Gasteiger partial charge on any atom is -0.550 e. The number of hydrogen-bond acceptors (Lipinski definition) is 4. The fraction of sp³-hybridized carbons (Fsp3) is 0.957. The molecule has 0 unspecified atom stereocenters. The van der Waals surface area contributed by atoms with Crippen molar-refractivity contribution in [1.29, 1.82) is 0 Å². The Morgan fingerprint density at radius 3 is 0.490 bits per heavy atom. The normalized spacial score (nSPS) is 10.9. The summed E-state index contributed by atoms with van der Waals surface area (Å²) in [4.78, 5) is 20.6. The molecule has 0 saturated heterocycles. The number of unbranched alkanes of at least 4 members (excludes halogenated alkanes) is 38. The molecule has 0 rings (SSSR count).